The van der Waals surface area contributed by atoms with Gasteiger partial charge in [0.1, 0.15) is 24.3 Å². The van der Waals surface area contributed by atoms with E-state index in [0.29, 0.717) is 36.0 Å². The summed E-state index contributed by atoms with van der Waals surface area (Å²) in [5, 5.41) is 14.1. The van der Waals surface area contributed by atoms with Crippen LogP contribution < -0.4 is 14.8 Å². The number of H-pyrrole nitrogens is 1. The molecule has 0 bridgehead atoms. The predicted octanol–water partition coefficient (Wildman–Crippen LogP) is 3.25. The fraction of sp³-hybridized carbons (Fsp3) is 0.364. The monoisotopic (exact) mass is 405 g/mol. The quantitative estimate of drug-likeness (QED) is 0.651. The van der Waals surface area contributed by atoms with Gasteiger partial charge in [0.15, 0.2) is 0 Å². The molecule has 2 N–H and O–H groups in total. The van der Waals surface area contributed by atoms with Crippen molar-refractivity contribution in [2.75, 3.05) is 6.61 Å². The molecule has 30 heavy (non-hydrogen) atoms. The second-order valence-electron chi connectivity index (χ2n) is 7.68. The highest BCUT2D eigenvalue weighted by molar-refractivity contribution is 5.99. The fourth-order valence-corrected chi connectivity index (χ4v) is 3.52. The van der Waals surface area contributed by atoms with Crippen LogP contribution in [0, 0.1) is 18.3 Å². The minimum Gasteiger partial charge on any atom is -0.490 e. The maximum absolute atomic E-state index is 11.5. The van der Waals surface area contributed by atoms with E-state index in [4.69, 9.17) is 9.47 Å². The average molecular weight is 405 g/mol. The van der Waals surface area contributed by atoms with Crippen LogP contribution in [0.25, 0.3) is 22.2 Å². The summed E-state index contributed by atoms with van der Waals surface area (Å²) < 4.78 is 11.8. The van der Waals surface area contributed by atoms with Crippen LogP contribution >= 0.6 is 0 Å². The molecular formula is C22H23N5O3. The van der Waals surface area contributed by atoms with Crippen molar-refractivity contribution in [1.29, 1.82) is 5.26 Å². The topological polar surface area (TPSA) is 113 Å². The number of rotatable bonds is 6. The van der Waals surface area contributed by atoms with Crippen molar-refractivity contribution in [2.24, 2.45) is 0 Å². The largest absolute Gasteiger partial charge is 0.490 e. The highest BCUT2D eigenvalue weighted by atomic mass is 16.5. The number of nitrogens with one attached hydrogen (secondary N) is 2. The van der Waals surface area contributed by atoms with Crippen molar-refractivity contribution in [2.45, 2.75) is 45.8 Å². The van der Waals surface area contributed by atoms with Gasteiger partial charge in [0.2, 0.25) is 11.8 Å². The van der Waals surface area contributed by atoms with E-state index >= 15 is 0 Å². The van der Waals surface area contributed by atoms with Gasteiger partial charge in [0.05, 0.1) is 17.7 Å². The number of benzene rings is 1. The lowest BCUT2D eigenvalue weighted by molar-refractivity contribution is -0.119. The normalized spacial score (nSPS) is 16.0. The number of aromatic amines is 1. The fourth-order valence-electron chi connectivity index (χ4n) is 3.52. The number of aromatic nitrogens is 3. The maximum atomic E-state index is 11.5. The molecular weight excluding hydrogens is 382 g/mol. The van der Waals surface area contributed by atoms with Gasteiger partial charge in [-0.25, -0.2) is 9.97 Å². The lowest BCUT2D eigenvalue weighted by Crippen LogP contribution is -2.31. The zero-order valence-corrected chi connectivity index (χ0v) is 17.2. The molecule has 3 aromatic rings. The summed E-state index contributed by atoms with van der Waals surface area (Å²) in [5.74, 6) is 1.61. The number of hydrogen-bond acceptors (Lipinski definition) is 6. The molecule has 0 spiro atoms. The van der Waals surface area contributed by atoms with Gasteiger partial charge < -0.3 is 19.8 Å². The highest BCUT2D eigenvalue weighted by Crippen LogP contribution is 2.36. The van der Waals surface area contributed by atoms with Crippen molar-refractivity contribution < 1.29 is 14.3 Å². The molecule has 2 aromatic heterocycles. The van der Waals surface area contributed by atoms with Gasteiger partial charge in [0, 0.05) is 40.8 Å². The van der Waals surface area contributed by atoms with E-state index < -0.39 is 0 Å². The lowest BCUT2D eigenvalue weighted by Gasteiger charge is -2.16. The Kier molecular flexibility index (Phi) is 5.27. The number of pyridine rings is 1. The van der Waals surface area contributed by atoms with Crippen LogP contribution in [0.4, 0.5) is 0 Å². The third-order valence-electron chi connectivity index (χ3n) is 4.90. The van der Waals surface area contributed by atoms with Gasteiger partial charge in [-0.3, -0.25) is 4.79 Å². The molecule has 0 radical (unpaired) electrons. The SMILES string of the molecule is Cc1cnc(-c2cnc(OC[C@@H]3CCC(=O)N3)c3cc(OC(C)C)c(C#N)cc23)[nH]1. The van der Waals surface area contributed by atoms with Crippen LogP contribution in [0.15, 0.2) is 24.5 Å². The van der Waals surface area contributed by atoms with Crippen molar-refractivity contribution >= 4 is 16.7 Å². The van der Waals surface area contributed by atoms with Crippen LogP contribution in [0.3, 0.4) is 0 Å². The highest BCUT2D eigenvalue weighted by Gasteiger charge is 2.23. The number of hydrogen-bond donors (Lipinski definition) is 2. The van der Waals surface area contributed by atoms with Crippen LogP contribution in [0.5, 0.6) is 11.6 Å². The molecule has 1 amide bonds. The Morgan fingerprint density at radius 2 is 2.10 bits per heavy atom. The molecule has 0 aliphatic carbocycles. The molecule has 1 aromatic carbocycles. The molecule has 1 saturated heterocycles. The first kappa shape index (κ1) is 19.7. The van der Waals surface area contributed by atoms with Crippen LogP contribution in [-0.2, 0) is 4.79 Å². The molecule has 0 saturated carbocycles. The summed E-state index contributed by atoms with van der Waals surface area (Å²) in [5.41, 5.74) is 2.13. The zero-order chi connectivity index (χ0) is 21.3. The summed E-state index contributed by atoms with van der Waals surface area (Å²) in [6.45, 7) is 6.07. The smallest absolute Gasteiger partial charge is 0.221 e. The summed E-state index contributed by atoms with van der Waals surface area (Å²) in [6.07, 6.45) is 4.59. The first-order chi connectivity index (χ1) is 14.4. The molecule has 1 fully saturated rings. The van der Waals surface area contributed by atoms with Crippen LogP contribution in [0.2, 0.25) is 0 Å². The van der Waals surface area contributed by atoms with Crippen molar-refractivity contribution in [3.63, 3.8) is 0 Å². The van der Waals surface area contributed by atoms with Crippen LogP contribution in [0.1, 0.15) is 37.9 Å². The first-order valence-electron chi connectivity index (χ1n) is 9.92. The number of fused-ring (bicyclic) bond motifs is 1. The van der Waals surface area contributed by atoms with Gasteiger partial charge in [0.25, 0.3) is 0 Å². The number of carbonyl (C=O) groups is 1. The minimum absolute atomic E-state index is 0.0356. The average Bonchev–Trinajstić information content (AvgIpc) is 3.33. The van der Waals surface area contributed by atoms with E-state index in [9.17, 15) is 10.1 Å². The third-order valence-corrected chi connectivity index (χ3v) is 4.90. The van der Waals surface area contributed by atoms with Crippen LogP contribution in [-0.4, -0.2) is 39.6 Å². The lowest BCUT2D eigenvalue weighted by atomic mass is 10.0. The van der Waals surface area contributed by atoms with E-state index in [0.717, 1.165) is 28.5 Å². The summed E-state index contributed by atoms with van der Waals surface area (Å²) in [7, 11) is 0. The number of ether oxygens (including phenoxy) is 2. The second-order valence-corrected chi connectivity index (χ2v) is 7.68. The van der Waals surface area contributed by atoms with Gasteiger partial charge in [-0.1, -0.05) is 0 Å². The van der Waals surface area contributed by atoms with Gasteiger partial charge in [-0.05, 0) is 39.3 Å². The Hall–Kier alpha value is -3.60. The van der Waals surface area contributed by atoms with Crippen molar-refractivity contribution in [3.8, 4) is 29.1 Å². The Morgan fingerprint density at radius 1 is 1.27 bits per heavy atom. The van der Waals surface area contributed by atoms with E-state index in [-0.39, 0.29) is 18.1 Å². The molecule has 8 heteroatoms. The molecule has 4 rings (SSSR count). The third kappa shape index (κ3) is 3.92. The number of aryl methyl sites for hydroxylation is 1. The molecule has 1 aliphatic heterocycles. The molecule has 1 aliphatic rings. The Morgan fingerprint density at radius 3 is 2.73 bits per heavy atom. The summed E-state index contributed by atoms with van der Waals surface area (Å²) in [6, 6.07) is 5.76. The van der Waals surface area contributed by atoms with E-state index in [1.54, 1.807) is 24.5 Å². The predicted molar refractivity (Wildman–Crippen MR) is 111 cm³/mol. The van der Waals surface area contributed by atoms with E-state index in [1.165, 1.54) is 0 Å². The number of nitriles is 1. The van der Waals surface area contributed by atoms with E-state index in [1.807, 2.05) is 20.8 Å². The number of carbonyl (C=O) groups excluding carboxylic acids is 1. The Balaban J connectivity index is 1.80. The number of amides is 1. The zero-order valence-electron chi connectivity index (χ0n) is 17.2. The summed E-state index contributed by atoms with van der Waals surface area (Å²) >= 11 is 0. The second kappa shape index (κ2) is 8.03. The van der Waals surface area contributed by atoms with Crippen molar-refractivity contribution in [3.05, 3.63) is 35.8 Å². The van der Waals surface area contributed by atoms with Gasteiger partial charge in [-0.15, -0.1) is 0 Å². The van der Waals surface area contributed by atoms with Gasteiger partial charge in [-0.2, -0.15) is 5.26 Å². The first-order valence-corrected chi connectivity index (χ1v) is 9.92. The minimum atomic E-state index is -0.0866. The Bertz CT molecular complexity index is 1150. The van der Waals surface area contributed by atoms with E-state index in [2.05, 4.69) is 26.3 Å². The number of nitrogens with zero attached hydrogens (tertiary/aromatic N) is 3. The molecule has 1 atom stereocenters. The molecule has 154 valence electrons. The standard InChI is InChI=1S/C22H23N5O3/c1-12(2)30-19-7-17-16(6-14(19)8-23)18(21-24-9-13(3)26-21)10-25-22(17)29-11-15-4-5-20(28)27-15/h6-7,9-10,12,15H,4-5,11H2,1-3H3,(H,24,26)(H,27,28)/t15-/m0/s1. The molecule has 8 nitrogen and oxygen atoms in total. The Labute approximate surface area is 174 Å². The number of imidazole rings is 1. The molecule has 3 heterocycles. The molecule has 0 unspecified atom stereocenters. The summed E-state index contributed by atoms with van der Waals surface area (Å²) in [4.78, 5) is 23.6. The van der Waals surface area contributed by atoms with Gasteiger partial charge >= 0.3 is 0 Å². The maximum Gasteiger partial charge on any atom is 0.221 e. The van der Waals surface area contributed by atoms with Crippen molar-refractivity contribution in [1.82, 2.24) is 20.3 Å².